The van der Waals surface area contributed by atoms with Crippen LogP contribution in [0.4, 0.5) is 0 Å². The van der Waals surface area contributed by atoms with E-state index in [1.165, 1.54) is 7.11 Å². The normalized spacial score (nSPS) is 12.4. The molecule has 1 N–H and O–H groups in total. The summed E-state index contributed by atoms with van der Waals surface area (Å²) in [4.78, 5) is 20.9. The Hall–Kier alpha value is -2.70. The molecule has 0 bridgehead atoms. The van der Waals surface area contributed by atoms with Gasteiger partial charge in [0.15, 0.2) is 6.10 Å². The number of aryl methyl sites for hydroxylation is 1. The van der Waals surface area contributed by atoms with Crippen molar-refractivity contribution in [2.45, 2.75) is 33.0 Å². The molecule has 2 aromatic heterocycles. The summed E-state index contributed by atoms with van der Waals surface area (Å²) < 4.78 is 10.9. The number of hydrogen-bond donors (Lipinski definition) is 1. The van der Waals surface area contributed by atoms with Crippen molar-refractivity contribution in [3.63, 3.8) is 0 Å². The molecule has 0 spiro atoms. The molecule has 0 radical (unpaired) electrons. The maximum Gasteiger partial charge on any atom is 0.337 e. The molecule has 3 aromatic rings. The van der Waals surface area contributed by atoms with E-state index < -0.39 is 12.1 Å². The number of benzene rings is 1. The standard InChI is InChI=1S/C21H21ClN2O4/c1-11(2)28-20(21(25)26)18-12(3)24-16-7-6-14(22)9-15(16)19(18)13-5-8-17(27-4)23-10-13/h5-11,20H,1-4H3,(H,25,26). The summed E-state index contributed by atoms with van der Waals surface area (Å²) in [6, 6.07) is 8.91. The SMILES string of the molecule is COc1ccc(-c2c(C(OC(C)C)C(=O)O)c(C)nc3ccc(Cl)cc23)cn1. The van der Waals surface area contributed by atoms with Crippen molar-refractivity contribution in [3.05, 3.63) is 52.8 Å². The molecular weight excluding hydrogens is 380 g/mol. The predicted octanol–water partition coefficient (Wildman–Crippen LogP) is 4.82. The molecule has 28 heavy (non-hydrogen) atoms. The van der Waals surface area contributed by atoms with Gasteiger partial charge in [0.2, 0.25) is 5.88 Å². The molecule has 0 aliphatic heterocycles. The Morgan fingerprint density at radius 3 is 2.54 bits per heavy atom. The van der Waals surface area contributed by atoms with Gasteiger partial charge in [0.25, 0.3) is 0 Å². The molecule has 0 amide bonds. The molecule has 1 unspecified atom stereocenters. The van der Waals surface area contributed by atoms with Crippen molar-refractivity contribution in [1.82, 2.24) is 9.97 Å². The number of hydrogen-bond acceptors (Lipinski definition) is 5. The summed E-state index contributed by atoms with van der Waals surface area (Å²) in [5.74, 6) is -0.616. The van der Waals surface area contributed by atoms with Crippen molar-refractivity contribution in [3.8, 4) is 17.0 Å². The number of carboxylic acid groups (broad SMARTS) is 1. The number of aromatic nitrogens is 2. The van der Waals surface area contributed by atoms with Crippen LogP contribution in [0.3, 0.4) is 0 Å². The van der Waals surface area contributed by atoms with Crippen LogP contribution < -0.4 is 4.74 Å². The number of carbonyl (C=O) groups is 1. The second-order valence-corrected chi connectivity index (χ2v) is 7.08. The Balaban J connectivity index is 2.38. The molecular formula is C21H21ClN2O4. The molecule has 1 aromatic carbocycles. The van der Waals surface area contributed by atoms with E-state index in [-0.39, 0.29) is 6.10 Å². The lowest BCUT2D eigenvalue weighted by Crippen LogP contribution is -2.21. The van der Waals surface area contributed by atoms with Crippen molar-refractivity contribution in [2.75, 3.05) is 7.11 Å². The van der Waals surface area contributed by atoms with Crippen LogP contribution in [0.1, 0.15) is 31.2 Å². The zero-order valence-corrected chi connectivity index (χ0v) is 16.8. The van der Waals surface area contributed by atoms with E-state index in [0.29, 0.717) is 33.2 Å². The van der Waals surface area contributed by atoms with Crippen LogP contribution >= 0.6 is 11.6 Å². The van der Waals surface area contributed by atoms with Gasteiger partial charge in [-0.15, -0.1) is 0 Å². The van der Waals surface area contributed by atoms with Gasteiger partial charge in [0.05, 0.1) is 18.7 Å². The highest BCUT2D eigenvalue weighted by Crippen LogP contribution is 2.39. The number of ether oxygens (including phenoxy) is 2. The predicted molar refractivity (Wildman–Crippen MR) is 108 cm³/mol. The fraction of sp³-hybridized carbons (Fsp3) is 0.286. The van der Waals surface area contributed by atoms with E-state index in [2.05, 4.69) is 9.97 Å². The first-order chi connectivity index (χ1) is 13.3. The first kappa shape index (κ1) is 20.0. The Morgan fingerprint density at radius 1 is 1.21 bits per heavy atom. The number of rotatable bonds is 6. The summed E-state index contributed by atoms with van der Waals surface area (Å²) >= 11 is 6.23. The summed E-state index contributed by atoms with van der Waals surface area (Å²) in [6.07, 6.45) is 0.191. The summed E-state index contributed by atoms with van der Waals surface area (Å²) in [7, 11) is 1.54. The zero-order valence-electron chi connectivity index (χ0n) is 16.1. The third-order valence-electron chi connectivity index (χ3n) is 4.30. The fourth-order valence-electron chi connectivity index (χ4n) is 3.18. The molecule has 0 aliphatic rings. The van der Waals surface area contributed by atoms with Crippen LogP contribution in [-0.4, -0.2) is 34.3 Å². The number of carboxylic acids is 1. The molecule has 2 heterocycles. The number of halogens is 1. The Morgan fingerprint density at radius 2 is 1.96 bits per heavy atom. The van der Waals surface area contributed by atoms with Gasteiger partial charge in [-0.2, -0.15) is 0 Å². The van der Waals surface area contributed by atoms with E-state index in [0.717, 1.165) is 10.9 Å². The Labute approximate surface area is 168 Å². The van der Waals surface area contributed by atoms with Gasteiger partial charge < -0.3 is 14.6 Å². The van der Waals surface area contributed by atoms with Gasteiger partial charge in [-0.3, -0.25) is 4.98 Å². The van der Waals surface area contributed by atoms with E-state index in [9.17, 15) is 9.90 Å². The maximum atomic E-state index is 12.1. The molecule has 0 saturated carbocycles. The second-order valence-electron chi connectivity index (χ2n) is 6.64. The number of methoxy groups -OCH3 is 1. The van der Waals surface area contributed by atoms with Gasteiger partial charge >= 0.3 is 5.97 Å². The Kier molecular flexibility index (Phi) is 5.82. The average Bonchev–Trinajstić information content (AvgIpc) is 2.65. The Bertz CT molecular complexity index is 1020. The van der Waals surface area contributed by atoms with Crippen LogP contribution in [0, 0.1) is 6.92 Å². The number of pyridine rings is 2. The third kappa shape index (κ3) is 3.93. The highest BCUT2D eigenvalue weighted by atomic mass is 35.5. The highest BCUT2D eigenvalue weighted by Gasteiger charge is 2.29. The smallest absolute Gasteiger partial charge is 0.337 e. The van der Waals surface area contributed by atoms with Crippen molar-refractivity contribution in [1.29, 1.82) is 0 Å². The molecule has 1 atom stereocenters. The van der Waals surface area contributed by atoms with Gasteiger partial charge in [-0.25, -0.2) is 9.78 Å². The minimum absolute atomic E-state index is 0.280. The van der Waals surface area contributed by atoms with Gasteiger partial charge in [-0.1, -0.05) is 11.6 Å². The third-order valence-corrected chi connectivity index (χ3v) is 4.54. The molecule has 0 saturated heterocycles. The molecule has 146 valence electrons. The highest BCUT2D eigenvalue weighted by molar-refractivity contribution is 6.31. The zero-order chi connectivity index (χ0) is 20.4. The lowest BCUT2D eigenvalue weighted by Gasteiger charge is -2.23. The van der Waals surface area contributed by atoms with E-state index in [4.69, 9.17) is 21.1 Å². The fourth-order valence-corrected chi connectivity index (χ4v) is 3.35. The van der Waals surface area contributed by atoms with Gasteiger partial charge in [0, 0.05) is 45.1 Å². The maximum absolute atomic E-state index is 12.1. The van der Waals surface area contributed by atoms with Crippen molar-refractivity contribution < 1.29 is 19.4 Å². The first-order valence-corrected chi connectivity index (χ1v) is 9.18. The van der Waals surface area contributed by atoms with Gasteiger partial charge in [-0.05, 0) is 45.0 Å². The van der Waals surface area contributed by atoms with Gasteiger partial charge in [0.1, 0.15) is 0 Å². The quantitative estimate of drug-likeness (QED) is 0.638. The molecule has 0 fully saturated rings. The van der Waals surface area contributed by atoms with Crippen LogP contribution in [0.25, 0.3) is 22.0 Å². The molecule has 0 aliphatic carbocycles. The van der Waals surface area contributed by atoms with Crippen molar-refractivity contribution in [2.24, 2.45) is 0 Å². The lowest BCUT2D eigenvalue weighted by molar-refractivity contribution is -0.153. The van der Waals surface area contributed by atoms with E-state index in [1.807, 2.05) is 12.1 Å². The monoisotopic (exact) mass is 400 g/mol. The van der Waals surface area contributed by atoms with E-state index in [1.54, 1.807) is 45.2 Å². The number of nitrogens with zero attached hydrogens (tertiary/aromatic N) is 2. The number of aliphatic carboxylic acids is 1. The van der Waals surface area contributed by atoms with Crippen LogP contribution in [0.2, 0.25) is 5.02 Å². The first-order valence-electron chi connectivity index (χ1n) is 8.80. The molecule has 6 nitrogen and oxygen atoms in total. The van der Waals surface area contributed by atoms with Crippen LogP contribution in [0.15, 0.2) is 36.5 Å². The summed E-state index contributed by atoms with van der Waals surface area (Å²) in [5.41, 5.74) is 3.20. The second kappa shape index (κ2) is 8.12. The minimum Gasteiger partial charge on any atom is -0.481 e. The summed E-state index contributed by atoms with van der Waals surface area (Å²) in [6.45, 7) is 5.37. The van der Waals surface area contributed by atoms with Crippen LogP contribution in [0.5, 0.6) is 5.88 Å². The number of fused-ring (bicyclic) bond motifs is 1. The minimum atomic E-state index is -1.17. The lowest BCUT2D eigenvalue weighted by atomic mass is 9.92. The summed E-state index contributed by atoms with van der Waals surface area (Å²) in [5, 5.41) is 11.1. The topological polar surface area (TPSA) is 81.5 Å². The van der Waals surface area contributed by atoms with E-state index >= 15 is 0 Å². The average molecular weight is 401 g/mol. The van der Waals surface area contributed by atoms with Crippen LogP contribution in [-0.2, 0) is 9.53 Å². The molecule has 7 heteroatoms. The van der Waals surface area contributed by atoms with Crippen molar-refractivity contribution >= 4 is 28.5 Å². The molecule has 3 rings (SSSR count). The largest absolute Gasteiger partial charge is 0.481 e.